The SMILES string of the molecule is CC(=O)/C=C/c1cc(F)cc(Br)c1. The minimum absolute atomic E-state index is 0.0552. The third-order valence-electron chi connectivity index (χ3n) is 1.40. The highest BCUT2D eigenvalue weighted by atomic mass is 79.9. The Balaban J connectivity index is 2.95. The minimum atomic E-state index is -0.322. The second-order valence-electron chi connectivity index (χ2n) is 2.65. The summed E-state index contributed by atoms with van der Waals surface area (Å²) in [6.07, 6.45) is 2.98. The molecule has 0 unspecified atom stereocenters. The Kier molecular flexibility index (Phi) is 3.37. The van der Waals surface area contributed by atoms with Gasteiger partial charge in [-0.05, 0) is 36.8 Å². The normalized spacial score (nSPS) is 10.7. The Hall–Kier alpha value is -0.960. The minimum Gasteiger partial charge on any atom is -0.295 e. The number of allylic oxidation sites excluding steroid dienone is 1. The van der Waals surface area contributed by atoms with Crippen LogP contribution in [-0.2, 0) is 4.79 Å². The molecule has 0 aliphatic rings. The number of carbonyl (C=O) groups excluding carboxylic acids is 1. The first-order valence-electron chi connectivity index (χ1n) is 3.72. The first-order valence-corrected chi connectivity index (χ1v) is 4.52. The lowest BCUT2D eigenvalue weighted by Crippen LogP contribution is -1.82. The summed E-state index contributed by atoms with van der Waals surface area (Å²) in [6.45, 7) is 1.45. The zero-order valence-corrected chi connectivity index (χ0v) is 8.64. The van der Waals surface area contributed by atoms with E-state index >= 15 is 0 Å². The summed E-state index contributed by atoms with van der Waals surface area (Å²) in [7, 11) is 0. The number of carbonyl (C=O) groups is 1. The molecule has 0 heterocycles. The summed E-state index contributed by atoms with van der Waals surface area (Å²) in [5, 5.41) is 0. The van der Waals surface area contributed by atoms with Gasteiger partial charge in [0.2, 0.25) is 0 Å². The van der Waals surface area contributed by atoms with E-state index in [1.54, 1.807) is 12.1 Å². The molecule has 0 spiro atoms. The van der Waals surface area contributed by atoms with E-state index < -0.39 is 0 Å². The van der Waals surface area contributed by atoms with Crippen LogP contribution in [0.3, 0.4) is 0 Å². The zero-order valence-electron chi connectivity index (χ0n) is 7.05. The lowest BCUT2D eigenvalue weighted by atomic mass is 10.2. The number of halogens is 2. The van der Waals surface area contributed by atoms with Crippen molar-refractivity contribution in [3.8, 4) is 0 Å². The van der Waals surface area contributed by atoms with Gasteiger partial charge in [0.05, 0.1) is 0 Å². The van der Waals surface area contributed by atoms with Gasteiger partial charge in [0.25, 0.3) is 0 Å². The molecule has 0 fully saturated rings. The zero-order chi connectivity index (χ0) is 9.84. The molecule has 0 amide bonds. The van der Waals surface area contributed by atoms with Crippen LogP contribution in [0.2, 0.25) is 0 Å². The summed E-state index contributed by atoms with van der Waals surface area (Å²) in [5.74, 6) is -0.377. The van der Waals surface area contributed by atoms with Gasteiger partial charge in [-0.15, -0.1) is 0 Å². The molecule has 68 valence electrons. The summed E-state index contributed by atoms with van der Waals surface area (Å²) in [4.78, 5) is 10.6. The number of benzene rings is 1. The average molecular weight is 243 g/mol. The third-order valence-corrected chi connectivity index (χ3v) is 1.85. The van der Waals surface area contributed by atoms with Crippen molar-refractivity contribution in [2.24, 2.45) is 0 Å². The Morgan fingerprint density at radius 2 is 2.15 bits per heavy atom. The molecule has 0 bridgehead atoms. The predicted molar refractivity (Wildman–Crippen MR) is 53.8 cm³/mol. The van der Waals surface area contributed by atoms with Crippen LogP contribution in [0.15, 0.2) is 28.7 Å². The van der Waals surface area contributed by atoms with Crippen molar-refractivity contribution in [3.63, 3.8) is 0 Å². The maximum atomic E-state index is 12.8. The Labute approximate surface area is 84.4 Å². The fraction of sp³-hybridized carbons (Fsp3) is 0.100. The van der Waals surface area contributed by atoms with Crippen molar-refractivity contribution >= 4 is 27.8 Å². The van der Waals surface area contributed by atoms with Gasteiger partial charge in [-0.25, -0.2) is 4.39 Å². The van der Waals surface area contributed by atoms with Crippen molar-refractivity contribution in [1.82, 2.24) is 0 Å². The highest BCUT2D eigenvalue weighted by Crippen LogP contribution is 2.15. The van der Waals surface area contributed by atoms with Gasteiger partial charge in [0.1, 0.15) is 5.82 Å². The topological polar surface area (TPSA) is 17.1 Å². The first kappa shape index (κ1) is 10.1. The Morgan fingerprint density at radius 3 is 2.69 bits per heavy atom. The standard InChI is InChI=1S/C10H8BrFO/c1-7(13)2-3-8-4-9(11)6-10(12)5-8/h2-6H,1H3/b3-2+. The van der Waals surface area contributed by atoms with E-state index in [1.807, 2.05) is 0 Å². The predicted octanol–water partition coefficient (Wildman–Crippen LogP) is 3.19. The Morgan fingerprint density at radius 1 is 1.46 bits per heavy atom. The molecular weight excluding hydrogens is 235 g/mol. The van der Waals surface area contributed by atoms with Gasteiger partial charge in [0, 0.05) is 4.47 Å². The monoisotopic (exact) mass is 242 g/mol. The number of hydrogen-bond acceptors (Lipinski definition) is 1. The van der Waals surface area contributed by atoms with E-state index in [1.165, 1.54) is 25.1 Å². The fourth-order valence-electron chi connectivity index (χ4n) is 0.885. The molecule has 0 saturated carbocycles. The first-order chi connectivity index (χ1) is 6.08. The highest BCUT2D eigenvalue weighted by molar-refractivity contribution is 9.10. The van der Waals surface area contributed by atoms with Crippen molar-refractivity contribution in [1.29, 1.82) is 0 Å². The number of rotatable bonds is 2. The molecule has 0 aliphatic heterocycles. The van der Waals surface area contributed by atoms with Gasteiger partial charge < -0.3 is 0 Å². The van der Waals surface area contributed by atoms with Gasteiger partial charge >= 0.3 is 0 Å². The smallest absolute Gasteiger partial charge is 0.152 e. The van der Waals surface area contributed by atoms with E-state index in [9.17, 15) is 9.18 Å². The molecule has 1 aromatic rings. The van der Waals surface area contributed by atoms with Crippen LogP contribution in [0.1, 0.15) is 12.5 Å². The van der Waals surface area contributed by atoms with Crippen molar-refractivity contribution in [3.05, 3.63) is 40.1 Å². The van der Waals surface area contributed by atoms with Crippen LogP contribution >= 0.6 is 15.9 Å². The van der Waals surface area contributed by atoms with Crippen molar-refractivity contribution < 1.29 is 9.18 Å². The number of hydrogen-bond donors (Lipinski definition) is 0. The Bertz CT molecular complexity index is 338. The maximum absolute atomic E-state index is 12.8. The molecule has 0 aromatic heterocycles. The molecule has 0 radical (unpaired) electrons. The van der Waals surface area contributed by atoms with Gasteiger partial charge in [-0.1, -0.05) is 22.0 Å². The van der Waals surface area contributed by atoms with Crippen molar-refractivity contribution in [2.75, 3.05) is 0 Å². The summed E-state index contributed by atoms with van der Waals surface area (Å²) in [6, 6.07) is 4.47. The van der Waals surface area contributed by atoms with Gasteiger partial charge in [-0.3, -0.25) is 4.79 Å². The lowest BCUT2D eigenvalue weighted by Gasteiger charge is -1.95. The molecule has 1 nitrogen and oxygen atoms in total. The van der Waals surface area contributed by atoms with Crippen LogP contribution < -0.4 is 0 Å². The molecule has 0 atom stereocenters. The van der Waals surface area contributed by atoms with E-state index in [0.29, 0.717) is 10.0 Å². The summed E-state index contributed by atoms with van der Waals surface area (Å²) >= 11 is 3.16. The quantitative estimate of drug-likeness (QED) is 0.729. The van der Waals surface area contributed by atoms with Gasteiger partial charge in [0.15, 0.2) is 5.78 Å². The van der Waals surface area contributed by atoms with E-state index in [0.717, 1.165) is 0 Å². The molecule has 0 aliphatic carbocycles. The largest absolute Gasteiger partial charge is 0.295 e. The summed E-state index contributed by atoms with van der Waals surface area (Å²) in [5.41, 5.74) is 0.669. The molecule has 1 aromatic carbocycles. The average Bonchev–Trinajstić information content (AvgIpc) is 1.99. The van der Waals surface area contributed by atoms with Crippen LogP contribution in [0.5, 0.6) is 0 Å². The molecule has 0 saturated heterocycles. The van der Waals surface area contributed by atoms with Crippen LogP contribution in [-0.4, -0.2) is 5.78 Å². The maximum Gasteiger partial charge on any atom is 0.152 e. The molecule has 1 rings (SSSR count). The second-order valence-corrected chi connectivity index (χ2v) is 3.56. The molecule has 3 heteroatoms. The second kappa shape index (κ2) is 4.33. The van der Waals surface area contributed by atoms with Crippen molar-refractivity contribution in [2.45, 2.75) is 6.92 Å². The van der Waals surface area contributed by atoms with Crippen LogP contribution in [0, 0.1) is 5.82 Å². The molecule has 0 N–H and O–H groups in total. The van der Waals surface area contributed by atoms with E-state index in [2.05, 4.69) is 15.9 Å². The lowest BCUT2D eigenvalue weighted by molar-refractivity contribution is -0.112. The third kappa shape index (κ3) is 3.51. The van der Waals surface area contributed by atoms with Gasteiger partial charge in [-0.2, -0.15) is 0 Å². The fourth-order valence-corrected chi connectivity index (χ4v) is 1.37. The summed E-state index contributed by atoms with van der Waals surface area (Å²) < 4.78 is 13.5. The number of ketones is 1. The van der Waals surface area contributed by atoms with E-state index in [4.69, 9.17) is 0 Å². The highest BCUT2D eigenvalue weighted by Gasteiger charge is 1.95. The molecule has 13 heavy (non-hydrogen) atoms. The molecular formula is C10H8BrFO. The van der Waals surface area contributed by atoms with E-state index in [-0.39, 0.29) is 11.6 Å². The van der Waals surface area contributed by atoms with Crippen LogP contribution in [0.25, 0.3) is 6.08 Å². The van der Waals surface area contributed by atoms with Crippen LogP contribution in [0.4, 0.5) is 4.39 Å².